The molecule has 1 heteroatoms. The molecule has 2 rings (SSSR count). The van der Waals surface area contributed by atoms with E-state index in [0.717, 1.165) is 11.8 Å². The fraction of sp³-hybridized carbons (Fsp3) is 0.800. The molecule has 0 saturated heterocycles. The Hall–Kier alpha value is -0.560. The molecule has 2 aliphatic rings. The summed E-state index contributed by atoms with van der Waals surface area (Å²) in [5.74, 6) is 1.90. The van der Waals surface area contributed by atoms with Gasteiger partial charge in [-0.3, -0.25) is 0 Å². The molecule has 2 atom stereocenters. The molecule has 0 bridgehead atoms. The van der Waals surface area contributed by atoms with Gasteiger partial charge >= 0.3 is 0 Å². The molecule has 0 N–H and O–H groups in total. The first kappa shape index (κ1) is 18.5. The van der Waals surface area contributed by atoms with Crippen LogP contribution in [-0.2, 0) is 0 Å². The maximum Gasteiger partial charge on any atom is -0.00221 e. The first-order valence-electron chi connectivity index (χ1n) is 9.11. The molecule has 0 heterocycles. The van der Waals surface area contributed by atoms with Crippen molar-refractivity contribution in [2.24, 2.45) is 11.8 Å². The smallest absolute Gasteiger partial charge is 0.00221 e. The molecule has 122 valence electrons. The summed E-state index contributed by atoms with van der Waals surface area (Å²) in [6.07, 6.45) is 16.0. The molecular weight excluding hydrogens is 254 g/mol. The third kappa shape index (κ3) is 7.31. The largest absolute Gasteiger partial charge is 0.309 e. The van der Waals surface area contributed by atoms with Crippen molar-refractivity contribution in [3.05, 3.63) is 23.3 Å². The summed E-state index contributed by atoms with van der Waals surface area (Å²) in [5.41, 5.74) is 3.37. The molecule has 0 aromatic rings. The fourth-order valence-corrected chi connectivity index (χ4v) is 3.47. The highest BCUT2D eigenvalue weighted by Crippen LogP contribution is 2.33. The summed E-state index contributed by atoms with van der Waals surface area (Å²) in [4.78, 5) is 2.31. The molecule has 1 nitrogen and oxygen atoms in total. The van der Waals surface area contributed by atoms with E-state index in [1.807, 2.05) is 13.8 Å². The van der Waals surface area contributed by atoms with Gasteiger partial charge in [-0.25, -0.2) is 0 Å². The van der Waals surface area contributed by atoms with Crippen LogP contribution in [-0.4, -0.2) is 25.5 Å². The van der Waals surface area contributed by atoms with Crippen molar-refractivity contribution >= 4 is 0 Å². The van der Waals surface area contributed by atoms with Gasteiger partial charge in [0.15, 0.2) is 0 Å². The number of hydrogen-bond acceptors (Lipinski definition) is 1. The lowest BCUT2D eigenvalue weighted by Crippen LogP contribution is -2.17. The van der Waals surface area contributed by atoms with E-state index in [1.54, 1.807) is 11.1 Å². The number of rotatable bonds is 6. The van der Waals surface area contributed by atoms with Crippen LogP contribution in [0.15, 0.2) is 23.3 Å². The molecular formula is C20H37N. The number of allylic oxidation sites excluding steroid dienone is 4. The Labute approximate surface area is 133 Å². The second kappa shape index (κ2) is 10.2. The van der Waals surface area contributed by atoms with E-state index >= 15 is 0 Å². The third-order valence-corrected chi connectivity index (χ3v) is 4.88. The Balaban J connectivity index is 0.00000106. The highest BCUT2D eigenvalue weighted by atomic mass is 15.0. The Morgan fingerprint density at radius 3 is 2.29 bits per heavy atom. The van der Waals surface area contributed by atoms with Crippen LogP contribution in [0.3, 0.4) is 0 Å². The molecule has 0 saturated carbocycles. The van der Waals surface area contributed by atoms with Crippen LogP contribution in [0.1, 0.15) is 72.1 Å². The van der Waals surface area contributed by atoms with Crippen LogP contribution in [0.2, 0.25) is 0 Å². The minimum absolute atomic E-state index is 0.946. The average molecular weight is 292 g/mol. The second-order valence-electron chi connectivity index (χ2n) is 6.99. The molecule has 0 radical (unpaired) electrons. The van der Waals surface area contributed by atoms with Gasteiger partial charge in [-0.05, 0) is 90.8 Å². The maximum absolute atomic E-state index is 2.57. The molecule has 0 aliphatic heterocycles. The number of nitrogens with zero attached hydrogens (tertiary/aromatic N) is 1. The molecule has 2 aliphatic carbocycles. The van der Waals surface area contributed by atoms with Crippen molar-refractivity contribution in [2.45, 2.75) is 72.1 Å². The monoisotopic (exact) mass is 291 g/mol. The third-order valence-electron chi connectivity index (χ3n) is 4.88. The predicted molar refractivity (Wildman–Crippen MR) is 95.7 cm³/mol. The molecule has 0 aromatic carbocycles. The van der Waals surface area contributed by atoms with Crippen molar-refractivity contribution < 1.29 is 0 Å². The Kier molecular flexibility index (Phi) is 8.99. The van der Waals surface area contributed by atoms with Gasteiger partial charge in [0.1, 0.15) is 0 Å². The van der Waals surface area contributed by atoms with Crippen LogP contribution >= 0.6 is 0 Å². The van der Waals surface area contributed by atoms with Crippen LogP contribution in [0.4, 0.5) is 0 Å². The lowest BCUT2D eigenvalue weighted by atomic mass is 9.84. The van der Waals surface area contributed by atoms with Crippen LogP contribution in [0.25, 0.3) is 0 Å². The Morgan fingerprint density at radius 1 is 1.05 bits per heavy atom. The van der Waals surface area contributed by atoms with Gasteiger partial charge in [0.05, 0.1) is 0 Å². The SMILES string of the molecule is CC.CC1=CCC(CCC2=CCC(CCN(C)C)CC2)C1. The minimum atomic E-state index is 0.946. The first-order chi connectivity index (χ1) is 10.1. The van der Waals surface area contributed by atoms with Gasteiger partial charge in [0, 0.05) is 0 Å². The summed E-state index contributed by atoms with van der Waals surface area (Å²) in [6.45, 7) is 7.54. The van der Waals surface area contributed by atoms with Crippen LogP contribution < -0.4 is 0 Å². The van der Waals surface area contributed by atoms with E-state index in [-0.39, 0.29) is 0 Å². The molecule has 0 aromatic heterocycles. The van der Waals surface area contributed by atoms with E-state index in [2.05, 4.69) is 38.1 Å². The van der Waals surface area contributed by atoms with Gasteiger partial charge in [0.2, 0.25) is 0 Å². The van der Waals surface area contributed by atoms with Crippen molar-refractivity contribution in [3.8, 4) is 0 Å². The lowest BCUT2D eigenvalue weighted by molar-refractivity contribution is 0.332. The van der Waals surface area contributed by atoms with Crippen LogP contribution in [0.5, 0.6) is 0 Å². The topological polar surface area (TPSA) is 3.24 Å². The highest BCUT2D eigenvalue weighted by Gasteiger charge is 2.17. The number of hydrogen-bond donors (Lipinski definition) is 0. The first-order valence-corrected chi connectivity index (χ1v) is 9.11. The predicted octanol–water partition coefficient (Wildman–Crippen LogP) is 5.83. The highest BCUT2D eigenvalue weighted by molar-refractivity contribution is 5.10. The van der Waals surface area contributed by atoms with Crippen molar-refractivity contribution in [2.75, 3.05) is 20.6 Å². The summed E-state index contributed by atoms with van der Waals surface area (Å²) < 4.78 is 0. The van der Waals surface area contributed by atoms with Crippen molar-refractivity contribution in [1.29, 1.82) is 0 Å². The van der Waals surface area contributed by atoms with E-state index in [1.165, 1.54) is 57.9 Å². The molecule has 0 amide bonds. The molecule has 2 unspecified atom stereocenters. The maximum atomic E-state index is 2.57. The fourth-order valence-electron chi connectivity index (χ4n) is 3.47. The van der Waals surface area contributed by atoms with E-state index < -0.39 is 0 Å². The zero-order valence-electron chi connectivity index (χ0n) is 15.1. The Bertz CT molecular complexity index is 338. The second-order valence-corrected chi connectivity index (χ2v) is 6.99. The normalized spacial score (nSPS) is 25.2. The molecule has 0 spiro atoms. The van der Waals surface area contributed by atoms with Crippen molar-refractivity contribution in [1.82, 2.24) is 4.90 Å². The van der Waals surface area contributed by atoms with Gasteiger partial charge in [-0.15, -0.1) is 0 Å². The molecule has 21 heavy (non-hydrogen) atoms. The molecule has 0 fully saturated rings. The summed E-state index contributed by atoms with van der Waals surface area (Å²) in [6, 6.07) is 0. The quantitative estimate of drug-likeness (QED) is 0.557. The van der Waals surface area contributed by atoms with Gasteiger partial charge in [0.25, 0.3) is 0 Å². The van der Waals surface area contributed by atoms with Gasteiger partial charge in [-0.2, -0.15) is 0 Å². The van der Waals surface area contributed by atoms with E-state index in [4.69, 9.17) is 0 Å². The van der Waals surface area contributed by atoms with Gasteiger partial charge in [-0.1, -0.05) is 37.1 Å². The van der Waals surface area contributed by atoms with E-state index in [9.17, 15) is 0 Å². The van der Waals surface area contributed by atoms with Crippen LogP contribution in [0, 0.1) is 11.8 Å². The standard InChI is InChI=1S/C18H31N.C2H6/c1-15-4-5-18(14-15)11-10-16-6-8-17(9-7-16)12-13-19(2)3;1-2/h4,6,17-18H,5,7-14H2,1-3H3;1-2H3. The lowest BCUT2D eigenvalue weighted by Gasteiger charge is -2.24. The van der Waals surface area contributed by atoms with Gasteiger partial charge < -0.3 is 4.90 Å². The summed E-state index contributed by atoms with van der Waals surface area (Å²) >= 11 is 0. The zero-order chi connectivity index (χ0) is 15.7. The summed E-state index contributed by atoms with van der Waals surface area (Å²) in [7, 11) is 4.36. The summed E-state index contributed by atoms with van der Waals surface area (Å²) in [5, 5.41) is 0. The minimum Gasteiger partial charge on any atom is -0.309 e. The van der Waals surface area contributed by atoms with Crippen molar-refractivity contribution in [3.63, 3.8) is 0 Å². The van der Waals surface area contributed by atoms with E-state index in [0.29, 0.717) is 0 Å². The Morgan fingerprint density at radius 2 is 1.76 bits per heavy atom. The average Bonchev–Trinajstić information content (AvgIpc) is 2.92. The zero-order valence-corrected chi connectivity index (χ0v) is 15.1.